The summed E-state index contributed by atoms with van der Waals surface area (Å²) in [4.78, 5) is 17.8. The summed E-state index contributed by atoms with van der Waals surface area (Å²) in [6.45, 7) is 8.08. The highest BCUT2D eigenvalue weighted by molar-refractivity contribution is 7.99. The number of fused-ring (bicyclic) bond motifs is 3. The summed E-state index contributed by atoms with van der Waals surface area (Å²) in [5, 5.41) is 0. The summed E-state index contributed by atoms with van der Waals surface area (Å²) in [6.07, 6.45) is -0.189. The molecule has 2 heterocycles. The first-order valence-electron chi connectivity index (χ1n) is 7.40. The van der Waals surface area contributed by atoms with Gasteiger partial charge in [-0.1, -0.05) is 12.1 Å². The van der Waals surface area contributed by atoms with Crippen LogP contribution in [-0.4, -0.2) is 48.0 Å². The third-order valence-corrected chi connectivity index (χ3v) is 4.95. The molecule has 0 saturated carbocycles. The van der Waals surface area contributed by atoms with Crippen molar-refractivity contribution in [2.24, 2.45) is 0 Å². The molecule has 114 valence electrons. The molecule has 4 nitrogen and oxygen atoms in total. The van der Waals surface area contributed by atoms with Crippen LogP contribution in [0.1, 0.15) is 20.8 Å². The first-order chi connectivity index (χ1) is 9.94. The molecule has 1 amide bonds. The second-order valence-electron chi connectivity index (χ2n) is 6.55. The zero-order valence-electron chi connectivity index (χ0n) is 12.8. The van der Waals surface area contributed by atoms with Gasteiger partial charge in [0.2, 0.25) is 0 Å². The second kappa shape index (κ2) is 5.44. The van der Waals surface area contributed by atoms with E-state index in [-0.39, 0.29) is 6.09 Å². The minimum absolute atomic E-state index is 0.189. The number of ether oxygens (including phenoxy) is 1. The molecule has 0 bridgehead atoms. The Bertz CT molecular complexity index is 541. The van der Waals surface area contributed by atoms with Gasteiger partial charge in [0.1, 0.15) is 5.60 Å². The van der Waals surface area contributed by atoms with Gasteiger partial charge in [-0.2, -0.15) is 0 Å². The van der Waals surface area contributed by atoms with Gasteiger partial charge < -0.3 is 14.5 Å². The van der Waals surface area contributed by atoms with Gasteiger partial charge in [0.05, 0.1) is 11.7 Å². The van der Waals surface area contributed by atoms with Gasteiger partial charge in [0.25, 0.3) is 0 Å². The number of rotatable bonds is 0. The third-order valence-electron chi connectivity index (χ3n) is 3.74. The molecule has 0 aliphatic carbocycles. The van der Waals surface area contributed by atoms with Gasteiger partial charge in [-0.25, -0.2) is 4.79 Å². The van der Waals surface area contributed by atoms with Crippen LogP contribution >= 0.6 is 11.8 Å². The van der Waals surface area contributed by atoms with E-state index >= 15 is 0 Å². The molecule has 1 aromatic rings. The molecule has 2 aliphatic heterocycles. The van der Waals surface area contributed by atoms with Gasteiger partial charge in [0.15, 0.2) is 0 Å². The fourth-order valence-corrected chi connectivity index (χ4v) is 3.98. The first-order valence-corrected chi connectivity index (χ1v) is 8.39. The fourth-order valence-electron chi connectivity index (χ4n) is 2.81. The molecule has 0 spiro atoms. The Kier molecular flexibility index (Phi) is 3.78. The maximum Gasteiger partial charge on any atom is 0.410 e. The number of para-hydroxylation sites is 1. The minimum Gasteiger partial charge on any atom is -0.444 e. The number of amides is 1. The van der Waals surface area contributed by atoms with Crippen LogP contribution in [0.5, 0.6) is 0 Å². The maximum atomic E-state index is 12.2. The Morgan fingerprint density at radius 2 is 2.05 bits per heavy atom. The number of hydrogen-bond donors (Lipinski definition) is 0. The zero-order chi connectivity index (χ0) is 15.0. The van der Waals surface area contributed by atoms with E-state index in [1.54, 1.807) is 0 Å². The van der Waals surface area contributed by atoms with Crippen molar-refractivity contribution >= 4 is 23.5 Å². The summed E-state index contributed by atoms with van der Waals surface area (Å²) in [6, 6.07) is 8.91. The highest BCUT2D eigenvalue weighted by Crippen LogP contribution is 2.38. The van der Waals surface area contributed by atoms with E-state index in [1.807, 2.05) is 37.4 Å². The number of piperazine rings is 1. The molecule has 1 unspecified atom stereocenters. The van der Waals surface area contributed by atoms with Gasteiger partial charge in [-0.05, 0) is 32.9 Å². The Balaban J connectivity index is 1.70. The van der Waals surface area contributed by atoms with Gasteiger partial charge in [0, 0.05) is 30.3 Å². The van der Waals surface area contributed by atoms with E-state index in [1.165, 1.54) is 10.6 Å². The average molecular weight is 306 g/mol. The number of carbonyl (C=O) groups is 1. The summed E-state index contributed by atoms with van der Waals surface area (Å²) >= 11 is 1.88. The van der Waals surface area contributed by atoms with Crippen molar-refractivity contribution in [1.29, 1.82) is 0 Å². The molecule has 2 aliphatic rings. The number of anilines is 1. The Morgan fingerprint density at radius 3 is 2.81 bits per heavy atom. The Morgan fingerprint density at radius 1 is 1.29 bits per heavy atom. The molecule has 1 atom stereocenters. The summed E-state index contributed by atoms with van der Waals surface area (Å²) < 4.78 is 5.49. The lowest BCUT2D eigenvalue weighted by Gasteiger charge is -2.45. The quantitative estimate of drug-likeness (QED) is 0.737. The van der Waals surface area contributed by atoms with Crippen LogP contribution in [0.25, 0.3) is 0 Å². The van der Waals surface area contributed by atoms with Crippen LogP contribution in [0.2, 0.25) is 0 Å². The predicted molar refractivity (Wildman–Crippen MR) is 86.1 cm³/mol. The molecule has 0 aromatic heterocycles. The minimum atomic E-state index is -0.428. The molecule has 1 saturated heterocycles. The van der Waals surface area contributed by atoms with Crippen molar-refractivity contribution in [3.05, 3.63) is 24.3 Å². The lowest BCUT2D eigenvalue weighted by Crippen LogP contribution is -2.57. The van der Waals surface area contributed by atoms with Crippen molar-refractivity contribution in [3.63, 3.8) is 0 Å². The predicted octanol–water partition coefficient (Wildman–Crippen LogP) is 3.22. The highest BCUT2D eigenvalue weighted by atomic mass is 32.2. The number of benzene rings is 1. The summed E-state index contributed by atoms with van der Waals surface area (Å²) in [5.41, 5.74) is 0.880. The van der Waals surface area contributed by atoms with Crippen molar-refractivity contribution < 1.29 is 9.53 Å². The van der Waals surface area contributed by atoms with Crippen LogP contribution < -0.4 is 4.90 Å². The molecular weight excluding hydrogens is 284 g/mol. The molecular formula is C16H22N2O2S. The summed E-state index contributed by atoms with van der Waals surface area (Å²) in [7, 11) is 0. The summed E-state index contributed by atoms with van der Waals surface area (Å²) in [5.74, 6) is 1.02. The smallest absolute Gasteiger partial charge is 0.410 e. The van der Waals surface area contributed by atoms with E-state index in [9.17, 15) is 4.79 Å². The molecule has 3 rings (SSSR count). The van der Waals surface area contributed by atoms with Gasteiger partial charge in [-0.15, -0.1) is 11.8 Å². The van der Waals surface area contributed by atoms with E-state index < -0.39 is 5.60 Å². The van der Waals surface area contributed by atoms with Crippen molar-refractivity contribution in [3.8, 4) is 0 Å². The first kappa shape index (κ1) is 14.6. The number of hydrogen-bond acceptors (Lipinski definition) is 4. The van der Waals surface area contributed by atoms with Crippen LogP contribution in [0.15, 0.2) is 29.2 Å². The Labute approximate surface area is 130 Å². The highest BCUT2D eigenvalue weighted by Gasteiger charge is 2.35. The lowest BCUT2D eigenvalue weighted by atomic mass is 10.1. The van der Waals surface area contributed by atoms with Crippen LogP contribution in [0.3, 0.4) is 0 Å². The largest absolute Gasteiger partial charge is 0.444 e. The molecule has 5 heteroatoms. The van der Waals surface area contributed by atoms with Crippen molar-refractivity contribution in [1.82, 2.24) is 4.90 Å². The second-order valence-corrected chi connectivity index (χ2v) is 7.61. The fraction of sp³-hybridized carbons (Fsp3) is 0.562. The van der Waals surface area contributed by atoms with Crippen LogP contribution in [-0.2, 0) is 4.74 Å². The van der Waals surface area contributed by atoms with Gasteiger partial charge >= 0.3 is 6.09 Å². The Hall–Kier alpha value is -1.36. The lowest BCUT2D eigenvalue weighted by molar-refractivity contribution is 0.0219. The normalized spacial score (nSPS) is 21.6. The SMILES string of the molecule is CC(C)(C)OC(=O)N1CCN2c3ccccc3SCC2C1. The zero-order valence-corrected chi connectivity index (χ0v) is 13.7. The molecule has 0 N–H and O–H groups in total. The maximum absolute atomic E-state index is 12.2. The number of carbonyl (C=O) groups excluding carboxylic acids is 1. The molecule has 21 heavy (non-hydrogen) atoms. The van der Waals surface area contributed by atoms with Crippen molar-refractivity contribution in [2.75, 3.05) is 30.3 Å². The standard InChI is InChI=1S/C16H22N2O2S/c1-16(2,3)20-15(19)17-8-9-18-12(10-17)11-21-14-7-5-4-6-13(14)18/h4-7,12H,8-11H2,1-3H3. The molecule has 1 aromatic carbocycles. The number of nitrogens with zero attached hydrogens (tertiary/aromatic N) is 2. The average Bonchev–Trinajstić information content (AvgIpc) is 2.44. The molecule has 0 radical (unpaired) electrons. The molecule has 1 fully saturated rings. The van der Waals surface area contributed by atoms with E-state index in [2.05, 4.69) is 29.2 Å². The van der Waals surface area contributed by atoms with Crippen molar-refractivity contribution in [2.45, 2.75) is 37.3 Å². The van der Waals surface area contributed by atoms with Crippen LogP contribution in [0, 0.1) is 0 Å². The number of thioether (sulfide) groups is 1. The van der Waals surface area contributed by atoms with Gasteiger partial charge in [-0.3, -0.25) is 0 Å². The van der Waals surface area contributed by atoms with E-state index in [4.69, 9.17) is 4.74 Å². The topological polar surface area (TPSA) is 32.8 Å². The van der Waals surface area contributed by atoms with Crippen LogP contribution in [0.4, 0.5) is 10.5 Å². The van der Waals surface area contributed by atoms with E-state index in [0.29, 0.717) is 6.04 Å². The van der Waals surface area contributed by atoms with E-state index in [0.717, 1.165) is 25.4 Å². The monoisotopic (exact) mass is 306 g/mol. The third kappa shape index (κ3) is 3.12.